The standard InChI is InChI=1S/C53H94O6/c1-4-7-10-13-16-19-22-24-25-26-27-29-31-34-37-40-43-46-52(55)58-49-50(48-57-51(54)45-42-39-36-33-30-21-18-15-12-9-6-3)59-53(56)47-44-41-38-35-32-28-23-20-17-14-11-8-5-2/h9,12,18,21,28,32-33,36,50H,4-8,10-11,13-17,19-20,22-27,29-31,34-35,37-49H2,1-3H3/b12-9-,21-18-,32-28-,36-33-. The highest BCUT2D eigenvalue weighted by Gasteiger charge is 2.19. The number of esters is 3. The predicted molar refractivity (Wildman–Crippen MR) is 252 cm³/mol. The van der Waals surface area contributed by atoms with Gasteiger partial charge in [0.05, 0.1) is 0 Å². The topological polar surface area (TPSA) is 78.9 Å². The highest BCUT2D eigenvalue weighted by Crippen LogP contribution is 2.15. The zero-order valence-electron chi connectivity index (χ0n) is 39.0. The van der Waals surface area contributed by atoms with E-state index in [1.165, 1.54) is 128 Å². The second-order valence-electron chi connectivity index (χ2n) is 16.7. The van der Waals surface area contributed by atoms with Crippen molar-refractivity contribution in [2.45, 2.75) is 258 Å². The summed E-state index contributed by atoms with van der Waals surface area (Å²) in [6.07, 6.45) is 56.8. The first-order valence-corrected chi connectivity index (χ1v) is 25.1. The van der Waals surface area contributed by atoms with E-state index in [1.54, 1.807) is 0 Å². The molecule has 0 radical (unpaired) electrons. The Morgan fingerprint density at radius 1 is 0.356 bits per heavy atom. The molecule has 0 saturated heterocycles. The Morgan fingerprint density at radius 2 is 0.678 bits per heavy atom. The monoisotopic (exact) mass is 827 g/mol. The van der Waals surface area contributed by atoms with Crippen LogP contribution in [0.3, 0.4) is 0 Å². The summed E-state index contributed by atoms with van der Waals surface area (Å²) in [5.41, 5.74) is 0. The lowest BCUT2D eigenvalue weighted by atomic mass is 10.0. The number of allylic oxidation sites excluding steroid dienone is 8. The van der Waals surface area contributed by atoms with Crippen LogP contribution >= 0.6 is 0 Å². The first-order valence-electron chi connectivity index (χ1n) is 25.1. The summed E-state index contributed by atoms with van der Waals surface area (Å²) >= 11 is 0. The molecule has 0 spiro atoms. The molecule has 0 aliphatic rings. The van der Waals surface area contributed by atoms with Crippen molar-refractivity contribution in [1.82, 2.24) is 0 Å². The van der Waals surface area contributed by atoms with E-state index in [1.807, 2.05) is 0 Å². The molecule has 0 aromatic rings. The number of carbonyl (C=O) groups excluding carboxylic acids is 3. The third-order valence-electron chi connectivity index (χ3n) is 10.8. The lowest BCUT2D eigenvalue weighted by molar-refractivity contribution is -0.167. The minimum Gasteiger partial charge on any atom is -0.462 e. The third kappa shape index (κ3) is 46.3. The Labute approximate surface area is 365 Å². The first-order chi connectivity index (χ1) is 29.0. The molecule has 0 saturated carbocycles. The van der Waals surface area contributed by atoms with Gasteiger partial charge in [-0.05, 0) is 70.6 Å². The SMILES string of the molecule is CC/C=C\C/C=C\C/C=C\CCCC(=O)OCC(COC(=O)CCCCCCCCCCCCCCCCCCC)OC(=O)CCCCC/C=C\CCCCCCCC. The van der Waals surface area contributed by atoms with Gasteiger partial charge >= 0.3 is 17.9 Å². The van der Waals surface area contributed by atoms with Gasteiger partial charge in [-0.2, -0.15) is 0 Å². The smallest absolute Gasteiger partial charge is 0.306 e. The van der Waals surface area contributed by atoms with Crippen LogP contribution in [-0.4, -0.2) is 37.2 Å². The molecule has 0 amide bonds. The van der Waals surface area contributed by atoms with Crippen LogP contribution in [0.1, 0.15) is 252 Å². The van der Waals surface area contributed by atoms with Crippen molar-refractivity contribution in [2.24, 2.45) is 0 Å². The Kier molecular flexibility index (Phi) is 45.9. The van der Waals surface area contributed by atoms with Crippen molar-refractivity contribution in [2.75, 3.05) is 13.2 Å². The Bertz CT molecular complexity index is 1040. The summed E-state index contributed by atoms with van der Waals surface area (Å²) in [5.74, 6) is -0.960. The predicted octanol–water partition coefficient (Wildman–Crippen LogP) is 16.3. The number of ether oxygens (including phenoxy) is 3. The fourth-order valence-corrected chi connectivity index (χ4v) is 7.05. The van der Waals surface area contributed by atoms with E-state index in [2.05, 4.69) is 69.4 Å². The lowest BCUT2D eigenvalue weighted by Gasteiger charge is -2.18. The number of rotatable bonds is 45. The van der Waals surface area contributed by atoms with Crippen LogP contribution in [0.2, 0.25) is 0 Å². The maximum absolute atomic E-state index is 12.7. The van der Waals surface area contributed by atoms with Crippen LogP contribution in [0.25, 0.3) is 0 Å². The quantitative estimate of drug-likeness (QED) is 0.0263. The Morgan fingerprint density at radius 3 is 1.14 bits per heavy atom. The summed E-state index contributed by atoms with van der Waals surface area (Å²) in [6, 6.07) is 0. The van der Waals surface area contributed by atoms with Gasteiger partial charge in [-0.15, -0.1) is 0 Å². The van der Waals surface area contributed by atoms with Gasteiger partial charge in [0.15, 0.2) is 6.10 Å². The lowest BCUT2D eigenvalue weighted by Crippen LogP contribution is -2.30. The van der Waals surface area contributed by atoms with Crippen molar-refractivity contribution in [3.05, 3.63) is 48.6 Å². The van der Waals surface area contributed by atoms with Gasteiger partial charge in [-0.25, -0.2) is 0 Å². The summed E-state index contributed by atoms with van der Waals surface area (Å²) in [4.78, 5) is 37.8. The van der Waals surface area contributed by atoms with Crippen molar-refractivity contribution < 1.29 is 28.6 Å². The van der Waals surface area contributed by atoms with Crippen LogP contribution in [0.15, 0.2) is 48.6 Å². The molecular weight excluding hydrogens is 733 g/mol. The number of hydrogen-bond donors (Lipinski definition) is 0. The first kappa shape index (κ1) is 56.4. The van der Waals surface area contributed by atoms with Crippen molar-refractivity contribution in [3.8, 4) is 0 Å². The molecule has 0 aromatic carbocycles. The summed E-state index contributed by atoms with van der Waals surface area (Å²) in [5, 5.41) is 0. The average Bonchev–Trinajstić information content (AvgIpc) is 3.23. The zero-order valence-corrected chi connectivity index (χ0v) is 39.0. The van der Waals surface area contributed by atoms with Gasteiger partial charge < -0.3 is 14.2 Å². The molecule has 6 nitrogen and oxygen atoms in total. The van der Waals surface area contributed by atoms with Crippen LogP contribution in [0.5, 0.6) is 0 Å². The van der Waals surface area contributed by atoms with Crippen LogP contribution in [-0.2, 0) is 28.6 Å². The maximum Gasteiger partial charge on any atom is 0.306 e. The molecule has 59 heavy (non-hydrogen) atoms. The molecule has 1 unspecified atom stereocenters. The number of carbonyl (C=O) groups is 3. The van der Waals surface area contributed by atoms with E-state index in [0.29, 0.717) is 19.3 Å². The molecule has 1 atom stereocenters. The molecule has 0 aliphatic heterocycles. The molecule has 342 valence electrons. The molecule has 0 aromatic heterocycles. The van der Waals surface area contributed by atoms with E-state index < -0.39 is 6.10 Å². The molecule has 0 bridgehead atoms. The second kappa shape index (κ2) is 48.0. The van der Waals surface area contributed by atoms with E-state index in [-0.39, 0.29) is 37.5 Å². The van der Waals surface area contributed by atoms with Crippen LogP contribution < -0.4 is 0 Å². The van der Waals surface area contributed by atoms with Gasteiger partial charge in [-0.3, -0.25) is 14.4 Å². The van der Waals surface area contributed by atoms with Gasteiger partial charge in [-0.1, -0.05) is 211 Å². The van der Waals surface area contributed by atoms with E-state index in [9.17, 15) is 14.4 Å². The minimum absolute atomic E-state index is 0.0926. The molecule has 0 fully saturated rings. The molecular formula is C53H94O6. The highest BCUT2D eigenvalue weighted by atomic mass is 16.6. The Balaban J connectivity index is 4.38. The number of hydrogen-bond acceptors (Lipinski definition) is 6. The Hall–Kier alpha value is -2.63. The summed E-state index contributed by atoms with van der Waals surface area (Å²) in [6.45, 7) is 6.46. The molecule has 0 heterocycles. The molecule has 0 rings (SSSR count). The maximum atomic E-state index is 12.7. The minimum atomic E-state index is -0.797. The normalized spacial score (nSPS) is 12.4. The summed E-state index contributed by atoms with van der Waals surface area (Å²) in [7, 11) is 0. The second-order valence-corrected chi connectivity index (χ2v) is 16.7. The third-order valence-corrected chi connectivity index (χ3v) is 10.8. The van der Waals surface area contributed by atoms with Gasteiger partial charge in [0.25, 0.3) is 0 Å². The highest BCUT2D eigenvalue weighted by molar-refractivity contribution is 5.71. The fraction of sp³-hybridized carbons (Fsp3) is 0.792. The molecule has 0 N–H and O–H groups in total. The summed E-state index contributed by atoms with van der Waals surface area (Å²) < 4.78 is 16.7. The van der Waals surface area contributed by atoms with Crippen LogP contribution in [0, 0.1) is 0 Å². The van der Waals surface area contributed by atoms with Gasteiger partial charge in [0, 0.05) is 19.3 Å². The number of unbranched alkanes of at least 4 members (excludes halogenated alkanes) is 26. The van der Waals surface area contributed by atoms with Crippen molar-refractivity contribution in [3.63, 3.8) is 0 Å². The largest absolute Gasteiger partial charge is 0.462 e. The fourth-order valence-electron chi connectivity index (χ4n) is 7.05. The van der Waals surface area contributed by atoms with E-state index in [0.717, 1.165) is 77.0 Å². The van der Waals surface area contributed by atoms with E-state index in [4.69, 9.17) is 14.2 Å². The molecule has 0 aliphatic carbocycles. The average molecular weight is 827 g/mol. The van der Waals surface area contributed by atoms with Crippen molar-refractivity contribution in [1.29, 1.82) is 0 Å². The van der Waals surface area contributed by atoms with Gasteiger partial charge in [0.1, 0.15) is 13.2 Å². The molecule has 6 heteroatoms. The van der Waals surface area contributed by atoms with Crippen LogP contribution in [0.4, 0.5) is 0 Å². The van der Waals surface area contributed by atoms with E-state index >= 15 is 0 Å². The van der Waals surface area contributed by atoms with Crippen molar-refractivity contribution >= 4 is 17.9 Å². The van der Waals surface area contributed by atoms with Gasteiger partial charge in [0.2, 0.25) is 0 Å². The zero-order chi connectivity index (χ0) is 43.0.